The van der Waals surface area contributed by atoms with Crippen molar-refractivity contribution < 1.29 is 24.5 Å². The van der Waals surface area contributed by atoms with Crippen molar-refractivity contribution in [1.29, 1.82) is 0 Å². The van der Waals surface area contributed by atoms with Crippen LogP contribution in [0.2, 0.25) is 0 Å². The summed E-state index contributed by atoms with van der Waals surface area (Å²) in [4.78, 5) is 24.5. The van der Waals surface area contributed by atoms with Gasteiger partial charge in [0, 0.05) is 6.54 Å². The van der Waals surface area contributed by atoms with Crippen LogP contribution in [0.15, 0.2) is 24.3 Å². The molecule has 0 aromatic heterocycles. The molecule has 6 nitrogen and oxygen atoms in total. The number of piperidine rings is 1. The zero-order chi connectivity index (χ0) is 14.5. The lowest BCUT2D eigenvalue weighted by atomic mass is 10.0. The number of phenolic OH excluding ortho intramolecular Hbond substituents is 1. The average molecular weight is 279 g/mol. The highest BCUT2D eigenvalue weighted by atomic mass is 16.5. The quantitative estimate of drug-likeness (QED) is 0.865. The molecule has 6 heteroatoms. The predicted molar refractivity (Wildman–Crippen MR) is 70.6 cm³/mol. The van der Waals surface area contributed by atoms with Gasteiger partial charge in [0.25, 0.3) is 5.91 Å². The Kier molecular flexibility index (Phi) is 4.45. The Bertz CT molecular complexity index is 502. The van der Waals surface area contributed by atoms with Crippen molar-refractivity contribution in [2.45, 2.75) is 25.3 Å². The number of hydrogen-bond acceptors (Lipinski definition) is 4. The first kappa shape index (κ1) is 14.2. The number of rotatable bonds is 4. The zero-order valence-electron chi connectivity index (χ0n) is 11.0. The first-order valence-corrected chi connectivity index (χ1v) is 6.52. The van der Waals surface area contributed by atoms with Gasteiger partial charge in [0.05, 0.1) is 0 Å². The standard InChI is InChI=1S/C14H17NO5/c16-11-6-1-2-7-12(11)20-9-13(17)15-8-4-3-5-10(15)14(18)19/h1-2,6-7,10,16H,3-5,8-9H2,(H,18,19)/t10-/m0/s1. The molecular weight excluding hydrogens is 262 g/mol. The maximum Gasteiger partial charge on any atom is 0.326 e. The molecule has 2 N–H and O–H groups in total. The monoisotopic (exact) mass is 279 g/mol. The number of hydrogen-bond donors (Lipinski definition) is 2. The summed E-state index contributed by atoms with van der Waals surface area (Å²) in [6, 6.07) is 5.56. The van der Waals surface area contributed by atoms with Crippen LogP contribution in [0.1, 0.15) is 19.3 Å². The third kappa shape index (κ3) is 3.20. The van der Waals surface area contributed by atoms with E-state index in [2.05, 4.69) is 0 Å². The summed E-state index contributed by atoms with van der Waals surface area (Å²) in [7, 11) is 0. The molecule has 1 aliphatic rings. The van der Waals surface area contributed by atoms with E-state index >= 15 is 0 Å². The highest BCUT2D eigenvalue weighted by Crippen LogP contribution is 2.24. The Labute approximate surface area is 116 Å². The fourth-order valence-corrected chi connectivity index (χ4v) is 2.29. The van der Waals surface area contributed by atoms with E-state index in [9.17, 15) is 14.7 Å². The highest BCUT2D eigenvalue weighted by Gasteiger charge is 2.31. The SMILES string of the molecule is O=C(O)[C@@H]1CCCCN1C(=O)COc1ccccc1O. The summed E-state index contributed by atoms with van der Waals surface area (Å²) < 4.78 is 5.25. The maximum absolute atomic E-state index is 12.1. The molecule has 1 heterocycles. The number of likely N-dealkylation sites (tertiary alicyclic amines) is 1. The number of aromatic hydroxyl groups is 1. The zero-order valence-corrected chi connectivity index (χ0v) is 11.0. The second-order valence-corrected chi connectivity index (χ2v) is 4.69. The number of aliphatic carboxylic acids is 1. The molecule has 1 aliphatic heterocycles. The normalized spacial score (nSPS) is 18.6. The van der Waals surface area contributed by atoms with Crippen molar-refractivity contribution in [2.75, 3.05) is 13.2 Å². The van der Waals surface area contributed by atoms with Gasteiger partial charge in [0.1, 0.15) is 6.04 Å². The Hall–Kier alpha value is -2.24. The molecule has 0 aliphatic carbocycles. The number of carboxylic acids is 1. The van der Waals surface area contributed by atoms with Crippen LogP contribution in [-0.2, 0) is 9.59 Å². The summed E-state index contributed by atoms with van der Waals surface area (Å²) in [6.45, 7) is 0.154. The van der Waals surface area contributed by atoms with E-state index in [1.807, 2.05) is 0 Å². The molecule has 0 unspecified atom stereocenters. The molecule has 108 valence electrons. The molecule has 1 amide bonds. The van der Waals surface area contributed by atoms with E-state index in [4.69, 9.17) is 9.84 Å². The smallest absolute Gasteiger partial charge is 0.326 e. The van der Waals surface area contributed by atoms with Crippen molar-refractivity contribution in [1.82, 2.24) is 4.90 Å². The summed E-state index contributed by atoms with van der Waals surface area (Å²) in [5.41, 5.74) is 0. The third-order valence-electron chi connectivity index (χ3n) is 3.32. The Morgan fingerprint density at radius 1 is 1.30 bits per heavy atom. The van der Waals surface area contributed by atoms with E-state index in [-0.39, 0.29) is 24.0 Å². The molecule has 20 heavy (non-hydrogen) atoms. The summed E-state index contributed by atoms with van der Waals surface area (Å²) in [5, 5.41) is 18.6. The van der Waals surface area contributed by atoms with Crippen molar-refractivity contribution in [2.24, 2.45) is 0 Å². The van der Waals surface area contributed by atoms with Crippen LogP contribution in [-0.4, -0.2) is 46.2 Å². The Morgan fingerprint density at radius 3 is 2.75 bits per heavy atom. The van der Waals surface area contributed by atoms with Crippen LogP contribution in [0.5, 0.6) is 11.5 Å². The fraction of sp³-hybridized carbons (Fsp3) is 0.429. The van der Waals surface area contributed by atoms with Gasteiger partial charge in [0.2, 0.25) is 0 Å². The van der Waals surface area contributed by atoms with Gasteiger partial charge in [0.15, 0.2) is 18.1 Å². The lowest BCUT2D eigenvalue weighted by molar-refractivity contribution is -0.152. The topological polar surface area (TPSA) is 87.1 Å². The van der Waals surface area contributed by atoms with Gasteiger partial charge in [-0.1, -0.05) is 12.1 Å². The third-order valence-corrected chi connectivity index (χ3v) is 3.32. The van der Waals surface area contributed by atoms with Crippen LogP contribution in [0.4, 0.5) is 0 Å². The van der Waals surface area contributed by atoms with Gasteiger partial charge in [-0.3, -0.25) is 4.79 Å². The molecule has 1 saturated heterocycles. The second kappa shape index (κ2) is 6.27. The van der Waals surface area contributed by atoms with Crippen molar-refractivity contribution in [3.8, 4) is 11.5 Å². The minimum absolute atomic E-state index is 0.0475. The van der Waals surface area contributed by atoms with Gasteiger partial charge in [-0.15, -0.1) is 0 Å². The van der Waals surface area contributed by atoms with Gasteiger partial charge in [-0.2, -0.15) is 0 Å². The largest absolute Gasteiger partial charge is 0.504 e. The van der Waals surface area contributed by atoms with E-state index in [0.717, 1.165) is 12.8 Å². The molecule has 2 rings (SSSR count). The maximum atomic E-state index is 12.1. The molecule has 1 aromatic rings. The first-order valence-electron chi connectivity index (χ1n) is 6.52. The van der Waals surface area contributed by atoms with Crippen molar-refractivity contribution in [3.63, 3.8) is 0 Å². The highest BCUT2D eigenvalue weighted by molar-refractivity contribution is 5.84. The molecule has 0 saturated carbocycles. The fourth-order valence-electron chi connectivity index (χ4n) is 2.29. The minimum atomic E-state index is -0.986. The van der Waals surface area contributed by atoms with Crippen LogP contribution < -0.4 is 4.74 Å². The number of nitrogens with zero attached hydrogens (tertiary/aromatic N) is 1. The lowest BCUT2D eigenvalue weighted by Gasteiger charge is -2.32. The second-order valence-electron chi connectivity index (χ2n) is 4.69. The molecule has 0 bridgehead atoms. The minimum Gasteiger partial charge on any atom is -0.504 e. The number of ether oxygens (including phenoxy) is 1. The van der Waals surface area contributed by atoms with Gasteiger partial charge < -0.3 is 19.8 Å². The van der Waals surface area contributed by atoms with Gasteiger partial charge >= 0.3 is 5.97 Å². The average Bonchev–Trinajstić information content (AvgIpc) is 2.46. The van der Waals surface area contributed by atoms with Crippen molar-refractivity contribution in [3.05, 3.63) is 24.3 Å². The Balaban J connectivity index is 1.97. The molecule has 0 radical (unpaired) electrons. The molecule has 1 atom stereocenters. The van der Waals surface area contributed by atoms with E-state index in [1.54, 1.807) is 18.2 Å². The summed E-state index contributed by atoms with van der Waals surface area (Å²) in [6.07, 6.45) is 2.07. The first-order chi connectivity index (χ1) is 9.59. The summed E-state index contributed by atoms with van der Waals surface area (Å²) in [5.74, 6) is -1.19. The summed E-state index contributed by atoms with van der Waals surface area (Å²) >= 11 is 0. The van der Waals surface area contributed by atoms with Crippen LogP contribution in [0.3, 0.4) is 0 Å². The van der Waals surface area contributed by atoms with Crippen LogP contribution in [0.25, 0.3) is 0 Å². The molecule has 1 aromatic carbocycles. The van der Waals surface area contributed by atoms with E-state index in [1.165, 1.54) is 11.0 Å². The number of phenols is 1. The molecular formula is C14H17NO5. The number of carboxylic acid groups (broad SMARTS) is 1. The number of carbonyl (C=O) groups is 2. The van der Waals surface area contributed by atoms with Gasteiger partial charge in [-0.25, -0.2) is 4.79 Å². The van der Waals surface area contributed by atoms with E-state index < -0.39 is 12.0 Å². The van der Waals surface area contributed by atoms with Gasteiger partial charge in [-0.05, 0) is 31.4 Å². The van der Waals surface area contributed by atoms with Crippen molar-refractivity contribution >= 4 is 11.9 Å². The molecule has 0 spiro atoms. The number of carbonyl (C=O) groups excluding carboxylic acids is 1. The lowest BCUT2D eigenvalue weighted by Crippen LogP contribution is -2.49. The number of amides is 1. The van der Waals surface area contributed by atoms with E-state index in [0.29, 0.717) is 13.0 Å². The number of benzene rings is 1. The van der Waals surface area contributed by atoms with Crippen LogP contribution in [0, 0.1) is 0 Å². The number of para-hydroxylation sites is 2. The molecule has 1 fully saturated rings. The van der Waals surface area contributed by atoms with Crippen LogP contribution >= 0.6 is 0 Å². The predicted octanol–water partition coefficient (Wildman–Crippen LogP) is 1.24. The Morgan fingerprint density at radius 2 is 2.05 bits per heavy atom.